The second kappa shape index (κ2) is 4.58. The fourth-order valence-electron chi connectivity index (χ4n) is 2.14. The van der Waals surface area contributed by atoms with Crippen molar-refractivity contribution in [2.75, 3.05) is 11.9 Å². The van der Waals surface area contributed by atoms with E-state index in [1.807, 2.05) is 18.7 Å². The van der Waals surface area contributed by atoms with E-state index in [1.54, 1.807) is 0 Å². The Kier molecular flexibility index (Phi) is 3.15. The molecule has 1 aliphatic rings. The highest BCUT2D eigenvalue weighted by Crippen LogP contribution is 2.25. The summed E-state index contributed by atoms with van der Waals surface area (Å²) >= 11 is 0. The lowest BCUT2D eigenvalue weighted by molar-refractivity contribution is 0.789. The lowest BCUT2D eigenvalue weighted by atomic mass is 10.1. The fourth-order valence-corrected chi connectivity index (χ4v) is 2.14. The van der Waals surface area contributed by atoms with Crippen molar-refractivity contribution in [3.05, 3.63) is 48.0 Å². The molecule has 84 valence electrons. The van der Waals surface area contributed by atoms with Crippen molar-refractivity contribution < 1.29 is 0 Å². The maximum atomic E-state index is 4.06. The minimum Gasteiger partial charge on any atom is -0.384 e. The van der Waals surface area contributed by atoms with Gasteiger partial charge >= 0.3 is 0 Å². The molecule has 2 heterocycles. The number of benzene rings is 1. The summed E-state index contributed by atoms with van der Waals surface area (Å²) in [6, 6.07) is 6.47. The fraction of sp³-hybridized carbons (Fsp3) is 0.250. The monoisotopic (exact) mass is 235 g/mol. The van der Waals surface area contributed by atoms with Crippen LogP contribution < -0.4 is 5.32 Å². The molecule has 0 amide bonds. The van der Waals surface area contributed by atoms with Gasteiger partial charge in [0.1, 0.15) is 0 Å². The average molecular weight is 236 g/mol. The third-order valence-corrected chi connectivity index (χ3v) is 2.88. The predicted molar refractivity (Wildman–Crippen MR) is 67.2 cm³/mol. The van der Waals surface area contributed by atoms with Crippen molar-refractivity contribution in [2.24, 2.45) is 0 Å². The van der Waals surface area contributed by atoms with Crippen LogP contribution in [-0.4, -0.2) is 16.1 Å². The van der Waals surface area contributed by atoms with Gasteiger partial charge < -0.3 is 9.88 Å². The molecule has 0 saturated carbocycles. The summed E-state index contributed by atoms with van der Waals surface area (Å²) in [4.78, 5) is 4.06. The first-order chi connectivity index (χ1) is 7.43. The van der Waals surface area contributed by atoms with Crippen molar-refractivity contribution in [3.63, 3.8) is 0 Å². The number of aromatic nitrogens is 2. The zero-order valence-corrected chi connectivity index (χ0v) is 9.70. The number of imidazole rings is 1. The highest BCUT2D eigenvalue weighted by Gasteiger charge is 2.13. The van der Waals surface area contributed by atoms with Crippen LogP contribution in [0.4, 0.5) is 5.69 Å². The number of fused-ring (bicyclic) bond motifs is 1. The van der Waals surface area contributed by atoms with Gasteiger partial charge in [0.25, 0.3) is 0 Å². The number of hydrogen-bond acceptors (Lipinski definition) is 2. The number of rotatable bonds is 2. The van der Waals surface area contributed by atoms with Crippen LogP contribution in [0.1, 0.15) is 11.1 Å². The molecular weight excluding hydrogens is 222 g/mol. The summed E-state index contributed by atoms with van der Waals surface area (Å²) < 4.78 is 2.11. The number of nitrogens with zero attached hydrogens (tertiary/aromatic N) is 2. The van der Waals surface area contributed by atoms with E-state index in [0.717, 1.165) is 19.5 Å². The Morgan fingerprint density at radius 3 is 3.12 bits per heavy atom. The van der Waals surface area contributed by atoms with E-state index >= 15 is 0 Å². The quantitative estimate of drug-likeness (QED) is 0.866. The first kappa shape index (κ1) is 11.0. The molecule has 0 fully saturated rings. The molecule has 0 saturated heterocycles. The maximum absolute atomic E-state index is 4.06. The van der Waals surface area contributed by atoms with E-state index in [1.165, 1.54) is 16.8 Å². The molecule has 0 radical (unpaired) electrons. The second-order valence-corrected chi connectivity index (χ2v) is 3.86. The zero-order valence-electron chi connectivity index (χ0n) is 8.89. The largest absolute Gasteiger partial charge is 0.384 e. The van der Waals surface area contributed by atoms with Gasteiger partial charge in [0, 0.05) is 31.2 Å². The number of nitrogens with one attached hydrogen (secondary N) is 1. The molecule has 1 aromatic heterocycles. The molecule has 0 atom stereocenters. The second-order valence-electron chi connectivity index (χ2n) is 3.86. The van der Waals surface area contributed by atoms with Crippen LogP contribution in [0.5, 0.6) is 0 Å². The number of hydrogen-bond donors (Lipinski definition) is 1. The van der Waals surface area contributed by atoms with Crippen molar-refractivity contribution >= 4 is 18.1 Å². The predicted octanol–water partition coefficient (Wildman–Crippen LogP) is 2.32. The lowest BCUT2D eigenvalue weighted by Gasteiger charge is -2.08. The summed E-state index contributed by atoms with van der Waals surface area (Å²) in [6.45, 7) is 1.99. The van der Waals surface area contributed by atoms with Crippen LogP contribution in [-0.2, 0) is 13.0 Å². The third-order valence-electron chi connectivity index (χ3n) is 2.88. The molecule has 0 unspecified atom stereocenters. The normalized spacial score (nSPS) is 12.8. The highest BCUT2D eigenvalue weighted by molar-refractivity contribution is 5.85. The standard InChI is InChI=1S/C12H13N3.ClH/c1-2-10(8-15-7-6-13-9-15)11-4-5-14-12(11)3-1;/h1-3,6-7,9,14H,4-5,8H2;1H. The smallest absolute Gasteiger partial charge is 0.0949 e. The van der Waals surface area contributed by atoms with Gasteiger partial charge in [-0.3, -0.25) is 0 Å². The van der Waals surface area contributed by atoms with Crippen LogP contribution in [0.25, 0.3) is 0 Å². The van der Waals surface area contributed by atoms with Gasteiger partial charge in [-0.1, -0.05) is 12.1 Å². The van der Waals surface area contributed by atoms with Gasteiger partial charge in [0.05, 0.1) is 6.33 Å². The Balaban J connectivity index is 0.000000963. The van der Waals surface area contributed by atoms with Crippen LogP contribution in [0.15, 0.2) is 36.9 Å². The molecule has 0 aliphatic carbocycles. The van der Waals surface area contributed by atoms with Gasteiger partial charge in [-0.2, -0.15) is 0 Å². The molecule has 4 heteroatoms. The highest BCUT2D eigenvalue weighted by atomic mass is 35.5. The molecule has 1 aromatic carbocycles. The summed E-state index contributed by atoms with van der Waals surface area (Å²) in [6.07, 6.45) is 6.82. The van der Waals surface area contributed by atoms with Crippen molar-refractivity contribution in [1.29, 1.82) is 0 Å². The van der Waals surface area contributed by atoms with Crippen LogP contribution in [0.2, 0.25) is 0 Å². The van der Waals surface area contributed by atoms with E-state index in [2.05, 4.69) is 33.1 Å². The summed E-state index contributed by atoms with van der Waals surface area (Å²) in [5.74, 6) is 0. The van der Waals surface area contributed by atoms with Crippen LogP contribution >= 0.6 is 12.4 Å². The Hall–Kier alpha value is -1.48. The summed E-state index contributed by atoms with van der Waals surface area (Å²) in [5, 5.41) is 3.40. The van der Waals surface area contributed by atoms with Gasteiger partial charge in [-0.05, 0) is 23.6 Å². The van der Waals surface area contributed by atoms with Crippen molar-refractivity contribution in [1.82, 2.24) is 9.55 Å². The minimum atomic E-state index is 0. The molecule has 2 aromatic rings. The Morgan fingerprint density at radius 2 is 2.31 bits per heavy atom. The number of anilines is 1. The van der Waals surface area contributed by atoms with Crippen LogP contribution in [0.3, 0.4) is 0 Å². The zero-order chi connectivity index (χ0) is 10.1. The Labute approximate surface area is 101 Å². The van der Waals surface area contributed by atoms with Crippen molar-refractivity contribution in [3.8, 4) is 0 Å². The first-order valence-corrected chi connectivity index (χ1v) is 5.24. The molecule has 16 heavy (non-hydrogen) atoms. The van der Waals surface area contributed by atoms with Gasteiger partial charge in [0.2, 0.25) is 0 Å². The van der Waals surface area contributed by atoms with Crippen molar-refractivity contribution in [2.45, 2.75) is 13.0 Å². The molecule has 3 nitrogen and oxygen atoms in total. The van der Waals surface area contributed by atoms with E-state index < -0.39 is 0 Å². The number of halogens is 1. The molecule has 1 N–H and O–H groups in total. The maximum Gasteiger partial charge on any atom is 0.0949 e. The molecule has 0 spiro atoms. The summed E-state index contributed by atoms with van der Waals surface area (Å²) in [5.41, 5.74) is 4.16. The van der Waals surface area contributed by atoms with Gasteiger partial charge in [0.15, 0.2) is 0 Å². The van der Waals surface area contributed by atoms with Crippen LogP contribution in [0, 0.1) is 0 Å². The summed E-state index contributed by atoms with van der Waals surface area (Å²) in [7, 11) is 0. The minimum absolute atomic E-state index is 0. The molecular formula is C12H14ClN3. The Morgan fingerprint density at radius 1 is 1.38 bits per heavy atom. The topological polar surface area (TPSA) is 29.9 Å². The molecule has 0 bridgehead atoms. The SMILES string of the molecule is Cl.c1cc(Cn2ccnc2)c2c(c1)NCC2. The molecule has 3 rings (SSSR count). The average Bonchev–Trinajstić information content (AvgIpc) is 2.87. The van der Waals surface area contributed by atoms with E-state index in [4.69, 9.17) is 0 Å². The Bertz CT molecular complexity index is 465. The van der Waals surface area contributed by atoms with E-state index in [9.17, 15) is 0 Å². The van der Waals surface area contributed by atoms with E-state index in [0.29, 0.717) is 0 Å². The molecule has 1 aliphatic heterocycles. The van der Waals surface area contributed by atoms with Gasteiger partial charge in [-0.25, -0.2) is 4.98 Å². The van der Waals surface area contributed by atoms with E-state index in [-0.39, 0.29) is 12.4 Å². The lowest BCUT2D eigenvalue weighted by Crippen LogP contribution is -1.99. The first-order valence-electron chi connectivity index (χ1n) is 5.24. The third kappa shape index (κ3) is 1.91. The van der Waals surface area contributed by atoms with Gasteiger partial charge in [-0.15, -0.1) is 12.4 Å².